The van der Waals surface area contributed by atoms with Crippen molar-refractivity contribution in [3.63, 3.8) is 0 Å². The van der Waals surface area contributed by atoms with Crippen LogP contribution in [0.25, 0.3) is 10.9 Å². The Labute approximate surface area is 198 Å². The Balaban J connectivity index is 1.42. The van der Waals surface area contributed by atoms with Gasteiger partial charge in [-0.05, 0) is 57.7 Å². The lowest BCUT2D eigenvalue weighted by atomic mass is 9.81. The van der Waals surface area contributed by atoms with E-state index in [0.717, 1.165) is 48.1 Å². The predicted octanol–water partition coefficient (Wildman–Crippen LogP) is 2.87. The third-order valence-corrected chi connectivity index (χ3v) is 7.11. The Morgan fingerprint density at radius 1 is 1.32 bits per heavy atom. The Morgan fingerprint density at radius 3 is 3.03 bits per heavy atom. The van der Waals surface area contributed by atoms with E-state index in [9.17, 15) is 9.50 Å². The standard InChI is InChI=1S/C24H33FN8O/c1-3-32(21-7-4-6-20-18(21)13-27-30-20)23-19(25)14-26-24(29-23)28-16-8-9-17-15(2)31-33(10-5-11-34)22(17)12-16/h8-9,12,14,18,20-21,27,30,34H,3-7,10-11,13H2,1-2H3,(H,26,28,29). The van der Waals surface area contributed by atoms with Crippen molar-refractivity contribution in [3.05, 3.63) is 35.9 Å². The average molecular weight is 469 g/mol. The molecule has 34 heavy (non-hydrogen) atoms. The van der Waals surface area contributed by atoms with Crippen LogP contribution in [0.5, 0.6) is 0 Å². The number of hydrazine groups is 1. The molecule has 5 rings (SSSR count). The number of halogens is 1. The van der Waals surface area contributed by atoms with Crippen LogP contribution in [0.1, 0.15) is 38.3 Å². The van der Waals surface area contributed by atoms with Gasteiger partial charge >= 0.3 is 0 Å². The molecule has 3 aromatic rings. The fourth-order valence-corrected chi connectivity index (χ4v) is 5.49. The van der Waals surface area contributed by atoms with Crippen molar-refractivity contribution in [2.45, 2.75) is 58.2 Å². The van der Waals surface area contributed by atoms with Gasteiger partial charge in [0.1, 0.15) is 0 Å². The Morgan fingerprint density at radius 2 is 2.21 bits per heavy atom. The molecular weight excluding hydrogens is 435 g/mol. The predicted molar refractivity (Wildman–Crippen MR) is 131 cm³/mol. The molecule has 3 atom stereocenters. The summed E-state index contributed by atoms with van der Waals surface area (Å²) >= 11 is 0. The summed E-state index contributed by atoms with van der Waals surface area (Å²) in [4.78, 5) is 10.9. The zero-order valence-corrected chi connectivity index (χ0v) is 19.8. The number of fused-ring (bicyclic) bond motifs is 2. The topological polar surface area (TPSA) is 103 Å². The number of aliphatic hydroxyl groups excluding tert-OH is 1. The van der Waals surface area contributed by atoms with Gasteiger partial charge in [-0.15, -0.1) is 0 Å². The number of nitrogens with one attached hydrogen (secondary N) is 3. The van der Waals surface area contributed by atoms with Gasteiger partial charge in [0.15, 0.2) is 11.6 Å². The molecule has 0 spiro atoms. The monoisotopic (exact) mass is 468 g/mol. The number of hydrogen-bond donors (Lipinski definition) is 4. The van der Waals surface area contributed by atoms with E-state index < -0.39 is 5.82 Å². The molecule has 1 saturated heterocycles. The number of rotatable bonds is 8. The van der Waals surface area contributed by atoms with E-state index in [2.05, 4.69) is 43.1 Å². The molecule has 1 aromatic carbocycles. The third-order valence-electron chi connectivity index (χ3n) is 7.11. The van der Waals surface area contributed by atoms with Crippen LogP contribution in [0.3, 0.4) is 0 Å². The van der Waals surface area contributed by atoms with Gasteiger partial charge in [-0.2, -0.15) is 10.1 Å². The summed E-state index contributed by atoms with van der Waals surface area (Å²) in [5.41, 5.74) is 9.38. The summed E-state index contributed by atoms with van der Waals surface area (Å²) in [6, 6.07) is 6.61. The molecule has 9 nitrogen and oxygen atoms in total. The number of aromatic nitrogens is 4. The van der Waals surface area contributed by atoms with E-state index in [4.69, 9.17) is 0 Å². The van der Waals surface area contributed by atoms with E-state index in [1.165, 1.54) is 6.20 Å². The summed E-state index contributed by atoms with van der Waals surface area (Å²) in [5, 5.41) is 18.1. The van der Waals surface area contributed by atoms with Crippen molar-refractivity contribution >= 4 is 28.4 Å². The highest BCUT2D eigenvalue weighted by Gasteiger charge is 2.40. The maximum atomic E-state index is 15.0. The van der Waals surface area contributed by atoms with Gasteiger partial charge in [0.25, 0.3) is 0 Å². The van der Waals surface area contributed by atoms with Crippen LogP contribution in [0.15, 0.2) is 24.4 Å². The number of aryl methyl sites for hydroxylation is 2. The van der Waals surface area contributed by atoms with Crippen LogP contribution >= 0.6 is 0 Å². The number of nitrogens with zero attached hydrogens (tertiary/aromatic N) is 5. The van der Waals surface area contributed by atoms with Gasteiger partial charge in [0, 0.05) is 55.3 Å². The summed E-state index contributed by atoms with van der Waals surface area (Å²) in [6.45, 7) is 6.35. The summed E-state index contributed by atoms with van der Waals surface area (Å²) in [5.74, 6) is 0.732. The van der Waals surface area contributed by atoms with Gasteiger partial charge in [-0.25, -0.2) is 9.37 Å². The quantitative estimate of drug-likeness (QED) is 0.400. The highest BCUT2D eigenvalue weighted by atomic mass is 19.1. The lowest BCUT2D eigenvalue weighted by Gasteiger charge is -2.40. The fourth-order valence-electron chi connectivity index (χ4n) is 5.49. The molecule has 3 heterocycles. The lowest BCUT2D eigenvalue weighted by molar-refractivity contribution is 0.278. The van der Waals surface area contributed by atoms with Crippen LogP contribution in [0.2, 0.25) is 0 Å². The van der Waals surface area contributed by atoms with Crippen molar-refractivity contribution < 1.29 is 9.50 Å². The van der Waals surface area contributed by atoms with Crippen LogP contribution in [-0.2, 0) is 6.54 Å². The van der Waals surface area contributed by atoms with Crippen molar-refractivity contribution in [1.82, 2.24) is 30.6 Å². The molecule has 182 valence electrons. The van der Waals surface area contributed by atoms with Crippen molar-refractivity contribution in [1.29, 1.82) is 0 Å². The number of anilines is 3. The molecule has 0 amide bonds. The van der Waals surface area contributed by atoms with Crippen molar-refractivity contribution in [2.75, 3.05) is 29.9 Å². The molecule has 0 bridgehead atoms. The lowest BCUT2D eigenvalue weighted by Crippen LogP contribution is -2.49. The van der Waals surface area contributed by atoms with Crippen LogP contribution < -0.4 is 21.1 Å². The molecule has 2 aliphatic rings. The Bertz CT molecular complexity index is 1150. The second kappa shape index (κ2) is 9.81. The first-order valence-electron chi connectivity index (χ1n) is 12.2. The minimum absolute atomic E-state index is 0.118. The van der Waals surface area contributed by atoms with E-state index in [0.29, 0.717) is 43.2 Å². The molecule has 10 heteroatoms. The Hall–Kier alpha value is -2.82. The maximum Gasteiger partial charge on any atom is 0.229 e. The minimum Gasteiger partial charge on any atom is -0.396 e. The average Bonchev–Trinajstić information content (AvgIpc) is 3.45. The van der Waals surface area contributed by atoms with Crippen LogP contribution in [0.4, 0.5) is 21.8 Å². The highest BCUT2D eigenvalue weighted by molar-refractivity contribution is 5.85. The SMILES string of the molecule is CCN(c1nc(Nc2ccc3c(C)nn(CCCO)c3c2)ncc1F)C1CCCC2NNCC21. The van der Waals surface area contributed by atoms with Crippen LogP contribution in [-0.4, -0.2) is 56.6 Å². The molecule has 1 aliphatic heterocycles. The second-order valence-corrected chi connectivity index (χ2v) is 9.19. The minimum atomic E-state index is -0.401. The van der Waals surface area contributed by atoms with Crippen molar-refractivity contribution in [2.24, 2.45) is 5.92 Å². The smallest absolute Gasteiger partial charge is 0.229 e. The van der Waals surface area contributed by atoms with Gasteiger partial charge < -0.3 is 15.3 Å². The first kappa shape index (κ1) is 22.9. The number of benzene rings is 1. The summed E-state index contributed by atoms with van der Waals surface area (Å²) in [7, 11) is 0. The highest BCUT2D eigenvalue weighted by Crippen LogP contribution is 2.34. The number of hydrogen-bond acceptors (Lipinski definition) is 8. The van der Waals surface area contributed by atoms with Gasteiger partial charge in [0.2, 0.25) is 5.95 Å². The Kier molecular flexibility index (Phi) is 6.62. The zero-order valence-electron chi connectivity index (χ0n) is 19.8. The van der Waals surface area contributed by atoms with Gasteiger partial charge in [-0.3, -0.25) is 15.5 Å². The van der Waals surface area contributed by atoms with Crippen molar-refractivity contribution in [3.8, 4) is 0 Å². The number of aliphatic hydroxyl groups is 1. The van der Waals surface area contributed by atoms with E-state index >= 15 is 0 Å². The molecule has 4 N–H and O–H groups in total. The van der Waals surface area contributed by atoms with Crippen LogP contribution in [0, 0.1) is 18.7 Å². The maximum absolute atomic E-state index is 15.0. The molecule has 3 unspecified atom stereocenters. The van der Waals surface area contributed by atoms with Gasteiger partial charge in [0.05, 0.1) is 17.4 Å². The molecule has 2 fully saturated rings. The van der Waals surface area contributed by atoms with E-state index in [-0.39, 0.29) is 12.6 Å². The van der Waals surface area contributed by atoms with E-state index in [1.54, 1.807) is 0 Å². The normalized spacial score (nSPS) is 22.2. The summed E-state index contributed by atoms with van der Waals surface area (Å²) < 4.78 is 16.9. The first-order valence-corrected chi connectivity index (χ1v) is 12.2. The molecule has 0 radical (unpaired) electrons. The molecule has 1 saturated carbocycles. The molecular formula is C24H33FN8O. The fraction of sp³-hybridized carbons (Fsp3) is 0.542. The third kappa shape index (κ3) is 4.33. The first-order chi connectivity index (χ1) is 16.6. The van der Waals surface area contributed by atoms with Gasteiger partial charge in [-0.1, -0.05) is 0 Å². The molecule has 1 aliphatic carbocycles. The second-order valence-electron chi connectivity index (χ2n) is 9.19. The van der Waals surface area contributed by atoms with E-state index in [1.807, 2.05) is 29.8 Å². The molecule has 2 aromatic heterocycles. The largest absolute Gasteiger partial charge is 0.396 e. The summed E-state index contributed by atoms with van der Waals surface area (Å²) in [6.07, 6.45) is 5.17. The zero-order chi connectivity index (χ0) is 23.7.